The summed E-state index contributed by atoms with van der Waals surface area (Å²) in [7, 11) is -2.25. The molecule has 0 saturated heterocycles. The number of rotatable bonds is 4. The van der Waals surface area contributed by atoms with Crippen molar-refractivity contribution >= 4 is 21.6 Å². The minimum absolute atomic E-state index is 0.00306. The fourth-order valence-corrected chi connectivity index (χ4v) is 1.05. The molecule has 5 heteroatoms. The molecule has 0 fully saturated rings. The average molecular weight is 191 g/mol. The molecule has 0 spiro atoms. The van der Waals surface area contributed by atoms with E-state index in [1.54, 1.807) is 20.8 Å². The second-order valence-electron chi connectivity index (χ2n) is 2.82. The van der Waals surface area contributed by atoms with Gasteiger partial charge in [-0.1, -0.05) is 13.8 Å². The molecule has 0 aromatic rings. The Labute approximate surface area is 73.5 Å². The van der Waals surface area contributed by atoms with E-state index in [4.69, 9.17) is 0 Å². The van der Waals surface area contributed by atoms with E-state index in [1.165, 1.54) is 0 Å². The third-order valence-corrected chi connectivity index (χ3v) is 1.74. The maximum Gasteiger partial charge on any atom is 0.224 e. The summed E-state index contributed by atoms with van der Waals surface area (Å²) in [6.07, 6.45) is 0. The van der Waals surface area contributed by atoms with Gasteiger partial charge in [0, 0.05) is 5.92 Å². The van der Waals surface area contributed by atoms with Crippen LogP contribution >= 0.6 is 0 Å². The van der Waals surface area contributed by atoms with Gasteiger partial charge in [0.2, 0.25) is 10.3 Å². The van der Waals surface area contributed by atoms with Crippen molar-refractivity contribution in [1.29, 1.82) is 0 Å². The van der Waals surface area contributed by atoms with Crippen LogP contribution < -0.4 is 5.32 Å². The van der Waals surface area contributed by atoms with Crippen LogP contribution in [0.2, 0.25) is 0 Å². The Bertz CT molecular complexity index is 271. The van der Waals surface area contributed by atoms with Crippen molar-refractivity contribution in [2.75, 3.05) is 0 Å². The maximum atomic E-state index is 11.2. The maximum absolute atomic E-state index is 11.2. The number of carbonyl (C=O) groups excluding carboxylic acids is 1. The van der Waals surface area contributed by atoms with Gasteiger partial charge in [0.15, 0.2) is 5.78 Å². The first-order valence-electron chi connectivity index (χ1n) is 3.66. The monoisotopic (exact) mass is 191 g/mol. The molecular weight excluding hydrogens is 178 g/mol. The lowest BCUT2D eigenvalue weighted by atomic mass is 10.0. The van der Waals surface area contributed by atoms with Crippen LogP contribution in [0.5, 0.6) is 0 Å². The molecule has 0 aliphatic heterocycles. The predicted molar refractivity (Wildman–Crippen MR) is 47.4 cm³/mol. The van der Waals surface area contributed by atoms with Gasteiger partial charge in [0.05, 0.1) is 6.04 Å². The molecule has 0 saturated carbocycles. The molecule has 0 aromatic heterocycles. The molecule has 4 nitrogen and oxygen atoms in total. The molecule has 1 N–H and O–H groups in total. The van der Waals surface area contributed by atoms with Crippen molar-refractivity contribution in [3.63, 3.8) is 0 Å². The second kappa shape index (κ2) is 5.05. The molecule has 0 aromatic carbocycles. The Hall–Kier alpha value is -0.680. The lowest BCUT2D eigenvalue weighted by molar-refractivity contribution is -0.123. The second-order valence-corrected chi connectivity index (χ2v) is 3.58. The van der Waals surface area contributed by atoms with Gasteiger partial charge in [-0.15, -0.1) is 0 Å². The predicted octanol–water partition coefficient (Wildman–Crippen LogP) is -0.172. The first-order chi connectivity index (χ1) is 5.45. The van der Waals surface area contributed by atoms with Crippen LogP contribution in [-0.2, 0) is 15.1 Å². The standard InChI is InChI=1S/C7H13NO3S/c1-5(2)7(9)6(3)8-4-12(10)11/h4-6,8H,1-3H3. The Morgan fingerprint density at radius 1 is 1.33 bits per heavy atom. The highest BCUT2D eigenvalue weighted by Crippen LogP contribution is 1.97. The number of hydrogen-bond acceptors (Lipinski definition) is 3. The van der Waals surface area contributed by atoms with Gasteiger partial charge in [-0.2, -0.15) is 8.42 Å². The summed E-state index contributed by atoms with van der Waals surface area (Å²) in [6, 6.07) is -0.442. The lowest BCUT2D eigenvalue weighted by Gasteiger charge is -2.10. The molecule has 0 aliphatic carbocycles. The molecule has 1 unspecified atom stereocenters. The van der Waals surface area contributed by atoms with Crippen LogP contribution in [0, 0.1) is 5.92 Å². The van der Waals surface area contributed by atoms with Gasteiger partial charge in [0.25, 0.3) is 0 Å². The van der Waals surface area contributed by atoms with E-state index in [2.05, 4.69) is 5.32 Å². The van der Waals surface area contributed by atoms with Crippen LogP contribution in [0.25, 0.3) is 0 Å². The van der Waals surface area contributed by atoms with Gasteiger partial charge in [-0.05, 0) is 6.92 Å². The minimum Gasteiger partial charge on any atom is -0.298 e. The van der Waals surface area contributed by atoms with Gasteiger partial charge in [-0.25, -0.2) is 0 Å². The SMILES string of the molecule is CC(C)C(=O)C(C)NC=S(=O)=O. The molecule has 70 valence electrons. The Kier molecular flexibility index (Phi) is 4.77. The molecule has 0 rings (SSSR count). The van der Waals surface area contributed by atoms with Gasteiger partial charge in [0.1, 0.15) is 5.49 Å². The zero-order valence-electron chi connectivity index (χ0n) is 7.37. The molecule has 0 aliphatic rings. The van der Waals surface area contributed by atoms with Gasteiger partial charge in [-0.3, -0.25) is 10.1 Å². The van der Waals surface area contributed by atoms with Crippen LogP contribution in [0.3, 0.4) is 0 Å². The Morgan fingerprint density at radius 2 is 1.83 bits per heavy atom. The molecule has 0 heterocycles. The zero-order chi connectivity index (χ0) is 9.72. The highest BCUT2D eigenvalue weighted by Gasteiger charge is 2.14. The third-order valence-electron chi connectivity index (χ3n) is 1.41. The van der Waals surface area contributed by atoms with Crippen molar-refractivity contribution < 1.29 is 13.2 Å². The number of nitrogens with one attached hydrogen (secondary N) is 1. The van der Waals surface area contributed by atoms with Crippen LogP contribution in [0.4, 0.5) is 0 Å². The molecule has 0 radical (unpaired) electrons. The normalized spacial score (nSPS) is 12.7. The zero-order valence-corrected chi connectivity index (χ0v) is 8.18. The molecule has 0 amide bonds. The van der Waals surface area contributed by atoms with Crippen LogP contribution in [0.1, 0.15) is 20.8 Å². The lowest BCUT2D eigenvalue weighted by Crippen LogP contribution is -2.35. The van der Waals surface area contributed by atoms with E-state index in [1.807, 2.05) is 0 Å². The van der Waals surface area contributed by atoms with Crippen molar-refractivity contribution in [1.82, 2.24) is 5.32 Å². The summed E-state index contributed by atoms with van der Waals surface area (Å²) in [5, 5.41) is 2.48. The number of Topliss-reactive ketones (excluding diaryl/α,β-unsaturated/α-hetero) is 1. The van der Waals surface area contributed by atoms with E-state index in [-0.39, 0.29) is 11.7 Å². The Balaban J connectivity index is 4.14. The smallest absolute Gasteiger partial charge is 0.224 e. The fraction of sp³-hybridized carbons (Fsp3) is 0.714. The molecule has 1 atom stereocenters. The number of ketones is 1. The highest BCUT2D eigenvalue weighted by molar-refractivity contribution is 7.71. The Morgan fingerprint density at radius 3 is 2.17 bits per heavy atom. The van der Waals surface area contributed by atoms with Crippen molar-refractivity contribution in [3.05, 3.63) is 0 Å². The van der Waals surface area contributed by atoms with Crippen molar-refractivity contribution in [2.45, 2.75) is 26.8 Å². The highest BCUT2D eigenvalue weighted by atomic mass is 32.2. The van der Waals surface area contributed by atoms with E-state index in [9.17, 15) is 13.2 Å². The van der Waals surface area contributed by atoms with Gasteiger partial charge >= 0.3 is 0 Å². The molecular formula is C7H13NO3S. The summed E-state index contributed by atoms with van der Waals surface area (Å²) >= 11 is 0. The summed E-state index contributed by atoms with van der Waals surface area (Å²) in [5.74, 6) is -0.0855. The van der Waals surface area contributed by atoms with Crippen LogP contribution in [-0.4, -0.2) is 25.7 Å². The summed E-state index contributed by atoms with van der Waals surface area (Å²) in [5.41, 5.74) is 0.880. The topological polar surface area (TPSA) is 63.2 Å². The first kappa shape index (κ1) is 11.3. The molecule has 12 heavy (non-hydrogen) atoms. The molecule has 0 bridgehead atoms. The van der Waals surface area contributed by atoms with E-state index in [0.717, 1.165) is 5.49 Å². The fourth-order valence-electron chi connectivity index (χ4n) is 0.740. The average Bonchev–Trinajstić information content (AvgIpc) is 1.98. The van der Waals surface area contributed by atoms with Crippen LogP contribution in [0.15, 0.2) is 0 Å². The summed E-state index contributed by atoms with van der Waals surface area (Å²) < 4.78 is 20.1. The number of carbonyl (C=O) groups is 1. The minimum atomic E-state index is -2.25. The van der Waals surface area contributed by atoms with E-state index >= 15 is 0 Å². The third kappa shape index (κ3) is 4.25. The van der Waals surface area contributed by atoms with Crippen molar-refractivity contribution in [3.8, 4) is 0 Å². The summed E-state index contributed by atoms with van der Waals surface area (Å²) in [4.78, 5) is 11.2. The largest absolute Gasteiger partial charge is 0.298 e. The quantitative estimate of drug-likeness (QED) is 0.627. The first-order valence-corrected chi connectivity index (χ1v) is 4.80. The van der Waals surface area contributed by atoms with E-state index < -0.39 is 16.3 Å². The number of hydrogen-bond donors (Lipinski definition) is 1. The van der Waals surface area contributed by atoms with E-state index in [0.29, 0.717) is 0 Å². The summed E-state index contributed by atoms with van der Waals surface area (Å²) in [6.45, 7) is 5.18. The van der Waals surface area contributed by atoms with Crippen molar-refractivity contribution in [2.24, 2.45) is 5.92 Å². The van der Waals surface area contributed by atoms with Gasteiger partial charge < -0.3 is 0 Å².